The van der Waals surface area contributed by atoms with Crippen LogP contribution in [0.15, 0.2) is 16.5 Å². The highest BCUT2D eigenvalue weighted by molar-refractivity contribution is 5.07. The molecule has 1 N–H and O–H groups in total. The van der Waals surface area contributed by atoms with Crippen molar-refractivity contribution in [1.29, 1.82) is 0 Å². The quantitative estimate of drug-likeness (QED) is 0.813. The van der Waals surface area contributed by atoms with Gasteiger partial charge in [0.2, 0.25) is 0 Å². The molecule has 16 heavy (non-hydrogen) atoms. The van der Waals surface area contributed by atoms with Crippen LogP contribution in [0.3, 0.4) is 0 Å². The predicted molar refractivity (Wildman–Crippen MR) is 54.1 cm³/mol. The molecule has 0 bridgehead atoms. The van der Waals surface area contributed by atoms with Crippen molar-refractivity contribution in [3.63, 3.8) is 0 Å². The maximum absolute atomic E-state index is 12.3. The standard InChI is InChI=1S/C11H15F2NO2/c12-11(13)6-14(8-1-2-8)5-9-3-4-10(7-15)16-9/h3-4,8,11,15H,1-2,5-7H2. The third-order valence-corrected chi connectivity index (χ3v) is 2.67. The number of hydrogen-bond acceptors (Lipinski definition) is 3. The molecule has 0 aliphatic heterocycles. The third kappa shape index (κ3) is 3.02. The Labute approximate surface area is 92.7 Å². The van der Waals surface area contributed by atoms with Gasteiger partial charge in [0.15, 0.2) is 0 Å². The van der Waals surface area contributed by atoms with Crippen molar-refractivity contribution in [3.05, 3.63) is 23.7 Å². The maximum Gasteiger partial charge on any atom is 0.251 e. The van der Waals surface area contributed by atoms with Gasteiger partial charge in [0.05, 0.1) is 13.1 Å². The largest absolute Gasteiger partial charge is 0.462 e. The first kappa shape index (κ1) is 11.5. The summed E-state index contributed by atoms with van der Waals surface area (Å²) < 4.78 is 30.0. The van der Waals surface area contributed by atoms with Crippen LogP contribution in [0.1, 0.15) is 24.4 Å². The van der Waals surface area contributed by atoms with Crippen molar-refractivity contribution in [2.24, 2.45) is 0 Å². The number of alkyl halides is 2. The Morgan fingerprint density at radius 3 is 2.56 bits per heavy atom. The van der Waals surface area contributed by atoms with E-state index in [1.54, 1.807) is 17.0 Å². The van der Waals surface area contributed by atoms with Gasteiger partial charge in [0.25, 0.3) is 6.43 Å². The molecule has 1 aromatic rings. The van der Waals surface area contributed by atoms with E-state index in [9.17, 15) is 8.78 Å². The molecular formula is C11H15F2NO2. The zero-order valence-corrected chi connectivity index (χ0v) is 8.90. The smallest absolute Gasteiger partial charge is 0.251 e. The molecule has 1 aromatic heterocycles. The van der Waals surface area contributed by atoms with Gasteiger partial charge < -0.3 is 9.52 Å². The summed E-state index contributed by atoms with van der Waals surface area (Å²) in [5, 5.41) is 8.82. The molecule has 1 saturated carbocycles. The van der Waals surface area contributed by atoms with Crippen LogP contribution in [0, 0.1) is 0 Å². The lowest BCUT2D eigenvalue weighted by molar-refractivity contribution is 0.0765. The second-order valence-corrected chi connectivity index (χ2v) is 4.08. The molecule has 0 radical (unpaired) electrons. The average Bonchev–Trinajstić information content (AvgIpc) is 2.98. The third-order valence-electron chi connectivity index (χ3n) is 2.67. The molecule has 0 aromatic carbocycles. The summed E-state index contributed by atoms with van der Waals surface area (Å²) >= 11 is 0. The van der Waals surface area contributed by atoms with Gasteiger partial charge in [-0.25, -0.2) is 8.78 Å². The molecule has 0 amide bonds. The minimum atomic E-state index is -2.31. The molecule has 1 aliphatic carbocycles. The predicted octanol–water partition coefficient (Wildman–Crippen LogP) is 2.00. The maximum atomic E-state index is 12.3. The van der Waals surface area contributed by atoms with E-state index < -0.39 is 6.43 Å². The fourth-order valence-electron chi connectivity index (χ4n) is 1.75. The molecule has 0 saturated heterocycles. The van der Waals surface area contributed by atoms with Gasteiger partial charge in [-0.05, 0) is 25.0 Å². The van der Waals surface area contributed by atoms with Crippen LogP contribution in [-0.4, -0.2) is 29.0 Å². The second kappa shape index (κ2) is 4.93. The monoisotopic (exact) mass is 231 g/mol. The minimum absolute atomic E-state index is 0.154. The summed E-state index contributed by atoms with van der Waals surface area (Å²) in [6.45, 7) is 0.0348. The van der Waals surface area contributed by atoms with Gasteiger partial charge in [0, 0.05) is 6.04 Å². The Kier molecular flexibility index (Phi) is 3.56. The van der Waals surface area contributed by atoms with Crippen molar-refractivity contribution >= 4 is 0 Å². The van der Waals surface area contributed by atoms with Crippen LogP contribution in [0.2, 0.25) is 0 Å². The highest BCUT2D eigenvalue weighted by atomic mass is 19.3. The summed E-state index contributed by atoms with van der Waals surface area (Å²) in [5.41, 5.74) is 0. The summed E-state index contributed by atoms with van der Waals surface area (Å²) in [4.78, 5) is 1.74. The lowest BCUT2D eigenvalue weighted by Crippen LogP contribution is -2.30. The van der Waals surface area contributed by atoms with Gasteiger partial charge in [-0.3, -0.25) is 4.90 Å². The van der Waals surface area contributed by atoms with E-state index in [2.05, 4.69) is 0 Å². The molecule has 3 nitrogen and oxygen atoms in total. The zero-order valence-electron chi connectivity index (χ0n) is 8.90. The number of halogens is 2. The summed E-state index contributed by atoms with van der Waals surface area (Å²) in [5.74, 6) is 1.11. The molecule has 1 heterocycles. The number of hydrogen-bond donors (Lipinski definition) is 1. The van der Waals surface area contributed by atoms with Gasteiger partial charge in [-0.2, -0.15) is 0 Å². The zero-order chi connectivity index (χ0) is 11.5. The van der Waals surface area contributed by atoms with Gasteiger partial charge in [0.1, 0.15) is 18.1 Å². The van der Waals surface area contributed by atoms with E-state index >= 15 is 0 Å². The molecule has 1 aliphatic rings. The molecule has 0 unspecified atom stereocenters. The fourth-order valence-corrected chi connectivity index (χ4v) is 1.75. The van der Waals surface area contributed by atoms with Gasteiger partial charge in [-0.1, -0.05) is 0 Å². The molecule has 90 valence electrons. The van der Waals surface area contributed by atoms with Crippen molar-refractivity contribution in [3.8, 4) is 0 Å². The van der Waals surface area contributed by atoms with E-state index in [-0.39, 0.29) is 19.2 Å². The van der Waals surface area contributed by atoms with Gasteiger partial charge >= 0.3 is 0 Å². The van der Waals surface area contributed by atoms with E-state index in [0.29, 0.717) is 18.1 Å². The van der Waals surface area contributed by atoms with E-state index in [0.717, 1.165) is 12.8 Å². The van der Waals surface area contributed by atoms with Crippen LogP contribution < -0.4 is 0 Å². The Morgan fingerprint density at radius 2 is 2.06 bits per heavy atom. The Hall–Kier alpha value is -0.940. The van der Waals surface area contributed by atoms with Crippen molar-refractivity contribution < 1.29 is 18.3 Å². The van der Waals surface area contributed by atoms with Gasteiger partial charge in [-0.15, -0.1) is 0 Å². The molecular weight excluding hydrogens is 216 g/mol. The topological polar surface area (TPSA) is 36.6 Å². The number of aliphatic hydroxyl groups excluding tert-OH is 1. The Bertz CT molecular complexity index is 336. The number of furan rings is 1. The first-order valence-electron chi connectivity index (χ1n) is 5.39. The summed E-state index contributed by atoms with van der Waals surface area (Å²) in [7, 11) is 0. The summed E-state index contributed by atoms with van der Waals surface area (Å²) in [6, 6.07) is 3.67. The van der Waals surface area contributed by atoms with Crippen LogP contribution >= 0.6 is 0 Å². The SMILES string of the molecule is OCc1ccc(CN(CC(F)F)C2CC2)o1. The second-order valence-electron chi connectivity index (χ2n) is 4.08. The highest BCUT2D eigenvalue weighted by Gasteiger charge is 2.31. The van der Waals surface area contributed by atoms with E-state index in [4.69, 9.17) is 9.52 Å². The Balaban J connectivity index is 1.93. The van der Waals surface area contributed by atoms with E-state index in [1.165, 1.54) is 0 Å². The van der Waals surface area contributed by atoms with Crippen molar-refractivity contribution in [1.82, 2.24) is 4.90 Å². The first-order chi connectivity index (χ1) is 7.69. The van der Waals surface area contributed by atoms with Crippen LogP contribution in [-0.2, 0) is 13.2 Å². The lowest BCUT2D eigenvalue weighted by Gasteiger charge is -2.19. The van der Waals surface area contributed by atoms with Crippen molar-refractivity contribution in [2.75, 3.05) is 6.54 Å². The molecule has 0 atom stereocenters. The van der Waals surface area contributed by atoms with Crippen LogP contribution in [0.4, 0.5) is 8.78 Å². The van der Waals surface area contributed by atoms with E-state index in [1.807, 2.05) is 0 Å². The highest BCUT2D eigenvalue weighted by Crippen LogP contribution is 2.29. The Morgan fingerprint density at radius 1 is 1.38 bits per heavy atom. The van der Waals surface area contributed by atoms with Crippen molar-refractivity contribution in [2.45, 2.75) is 38.5 Å². The molecule has 5 heteroatoms. The fraction of sp³-hybridized carbons (Fsp3) is 0.636. The number of aliphatic hydroxyl groups is 1. The lowest BCUT2D eigenvalue weighted by atomic mass is 10.3. The number of rotatable bonds is 6. The molecule has 1 fully saturated rings. The normalized spacial score (nSPS) is 16.3. The molecule has 0 spiro atoms. The van der Waals surface area contributed by atoms with Crippen LogP contribution in [0.5, 0.6) is 0 Å². The molecule has 2 rings (SSSR count). The van der Waals surface area contributed by atoms with Crippen LogP contribution in [0.25, 0.3) is 0 Å². The number of nitrogens with zero attached hydrogens (tertiary/aromatic N) is 1. The average molecular weight is 231 g/mol. The summed E-state index contributed by atoms with van der Waals surface area (Å²) in [6.07, 6.45) is -0.339. The first-order valence-corrected chi connectivity index (χ1v) is 5.39. The minimum Gasteiger partial charge on any atom is -0.462 e.